The van der Waals surface area contributed by atoms with E-state index >= 15 is 0 Å². The van der Waals surface area contributed by atoms with E-state index in [4.69, 9.17) is 0 Å². The van der Waals surface area contributed by atoms with E-state index in [1.807, 2.05) is 0 Å². The molecule has 0 aromatic rings. The van der Waals surface area contributed by atoms with Crippen LogP contribution in [-0.4, -0.2) is 11.6 Å². The zero-order valence-corrected chi connectivity index (χ0v) is 13.1. The van der Waals surface area contributed by atoms with Gasteiger partial charge in [0.15, 0.2) is 0 Å². The molecule has 3 unspecified atom stereocenters. The van der Waals surface area contributed by atoms with Crippen molar-refractivity contribution in [2.75, 3.05) is 0 Å². The lowest BCUT2D eigenvalue weighted by molar-refractivity contribution is 0.157. The van der Waals surface area contributed by atoms with Crippen LogP contribution in [0.2, 0.25) is 0 Å². The van der Waals surface area contributed by atoms with Crippen molar-refractivity contribution in [2.45, 2.75) is 85.7 Å². The Bertz CT molecular complexity index is 236. The van der Waals surface area contributed by atoms with Gasteiger partial charge in [-0.3, -0.25) is 0 Å². The summed E-state index contributed by atoms with van der Waals surface area (Å²) >= 11 is 0. The molecule has 0 spiro atoms. The minimum atomic E-state index is 0.262. The zero-order valence-electron chi connectivity index (χ0n) is 13.1. The van der Waals surface area contributed by atoms with Gasteiger partial charge in [0.25, 0.3) is 0 Å². The predicted octanol–water partition coefficient (Wildman–Crippen LogP) is 4.62. The highest BCUT2D eigenvalue weighted by Gasteiger charge is 2.32. The Labute approximate surface area is 109 Å². The molecule has 102 valence electrons. The molecular formula is C16H33N. The summed E-state index contributed by atoms with van der Waals surface area (Å²) in [5, 5.41) is 3.92. The fourth-order valence-electron chi connectivity index (χ4n) is 3.76. The van der Waals surface area contributed by atoms with Crippen LogP contribution in [-0.2, 0) is 0 Å². The van der Waals surface area contributed by atoms with Crippen molar-refractivity contribution in [1.29, 1.82) is 0 Å². The summed E-state index contributed by atoms with van der Waals surface area (Å²) in [5.41, 5.74) is 0.666. The fourth-order valence-corrected chi connectivity index (χ4v) is 3.76. The standard InChI is InChI=1S/C16H33N/c1-12-8-9-14(13(2)10-12)17-16(6,7)11-15(3,4)5/h12-14,17H,8-11H2,1-7H3. The maximum Gasteiger partial charge on any atom is 0.0132 e. The van der Waals surface area contributed by atoms with E-state index in [1.165, 1.54) is 25.7 Å². The lowest BCUT2D eigenvalue weighted by Crippen LogP contribution is -2.51. The number of hydrogen-bond acceptors (Lipinski definition) is 1. The van der Waals surface area contributed by atoms with E-state index in [2.05, 4.69) is 53.8 Å². The topological polar surface area (TPSA) is 12.0 Å². The fraction of sp³-hybridized carbons (Fsp3) is 1.00. The Hall–Kier alpha value is -0.0400. The first-order valence-electron chi connectivity index (χ1n) is 7.37. The van der Waals surface area contributed by atoms with Gasteiger partial charge in [0.2, 0.25) is 0 Å². The molecule has 0 heterocycles. The van der Waals surface area contributed by atoms with E-state index in [9.17, 15) is 0 Å². The van der Waals surface area contributed by atoms with Gasteiger partial charge in [0.05, 0.1) is 0 Å². The average Bonchev–Trinajstić information content (AvgIpc) is 2.05. The van der Waals surface area contributed by atoms with Crippen molar-refractivity contribution in [1.82, 2.24) is 5.32 Å². The molecule has 0 aromatic carbocycles. The van der Waals surface area contributed by atoms with E-state index in [1.54, 1.807) is 0 Å². The quantitative estimate of drug-likeness (QED) is 0.758. The SMILES string of the molecule is CC1CCC(NC(C)(C)CC(C)(C)C)C(C)C1. The second-order valence-corrected chi connectivity index (χ2v) is 8.27. The van der Waals surface area contributed by atoms with Crippen LogP contribution in [0.15, 0.2) is 0 Å². The summed E-state index contributed by atoms with van der Waals surface area (Å²) in [6.45, 7) is 16.5. The third kappa shape index (κ3) is 5.42. The summed E-state index contributed by atoms with van der Waals surface area (Å²) in [4.78, 5) is 0. The lowest BCUT2D eigenvalue weighted by Gasteiger charge is -2.41. The lowest BCUT2D eigenvalue weighted by atomic mass is 9.76. The molecule has 1 aliphatic rings. The number of hydrogen-bond donors (Lipinski definition) is 1. The van der Waals surface area contributed by atoms with Crippen molar-refractivity contribution < 1.29 is 0 Å². The van der Waals surface area contributed by atoms with Gasteiger partial charge in [0.1, 0.15) is 0 Å². The second kappa shape index (κ2) is 5.30. The Balaban J connectivity index is 2.52. The molecule has 3 atom stereocenters. The average molecular weight is 239 g/mol. The Kier molecular flexibility index (Phi) is 4.68. The van der Waals surface area contributed by atoms with Crippen LogP contribution >= 0.6 is 0 Å². The number of rotatable bonds is 3. The highest BCUT2D eigenvalue weighted by molar-refractivity contribution is 4.90. The molecule has 1 heteroatoms. The van der Waals surface area contributed by atoms with Crippen molar-refractivity contribution in [2.24, 2.45) is 17.3 Å². The molecule has 1 saturated carbocycles. The van der Waals surface area contributed by atoms with Gasteiger partial charge in [-0.05, 0) is 56.8 Å². The summed E-state index contributed by atoms with van der Waals surface area (Å²) in [5.74, 6) is 1.76. The molecule has 1 rings (SSSR count). The predicted molar refractivity (Wildman–Crippen MR) is 77.3 cm³/mol. The second-order valence-electron chi connectivity index (χ2n) is 8.27. The Morgan fingerprint density at radius 1 is 1.00 bits per heavy atom. The van der Waals surface area contributed by atoms with Crippen LogP contribution in [0.4, 0.5) is 0 Å². The Morgan fingerprint density at radius 3 is 2.06 bits per heavy atom. The van der Waals surface area contributed by atoms with Gasteiger partial charge in [-0.1, -0.05) is 34.6 Å². The van der Waals surface area contributed by atoms with E-state index in [0.717, 1.165) is 17.9 Å². The van der Waals surface area contributed by atoms with Crippen molar-refractivity contribution in [3.05, 3.63) is 0 Å². The van der Waals surface area contributed by atoms with Crippen LogP contribution in [0.5, 0.6) is 0 Å². The molecule has 0 radical (unpaired) electrons. The zero-order chi connectivity index (χ0) is 13.3. The third-order valence-electron chi connectivity index (χ3n) is 3.98. The highest BCUT2D eigenvalue weighted by atomic mass is 15.0. The molecule has 1 N–H and O–H groups in total. The van der Waals surface area contributed by atoms with Crippen molar-refractivity contribution >= 4 is 0 Å². The van der Waals surface area contributed by atoms with Crippen LogP contribution in [0.3, 0.4) is 0 Å². The van der Waals surface area contributed by atoms with Crippen molar-refractivity contribution in [3.8, 4) is 0 Å². The molecule has 17 heavy (non-hydrogen) atoms. The van der Waals surface area contributed by atoms with Crippen molar-refractivity contribution in [3.63, 3.8) is 0 Å². The third-order valence-corrected chi connectivity index (χ3v) is 3.98. The molecule has 1 aliphatic carbocycles. The van der Waals surface area contributed by atoms with Gasteiger partial charge < -0.3 is 5.32 Å². The minimum absolute atomic E-state index is 0.262. The first kappa shape index (κ1) is 15.0. The smallest absolute Gasteiger partial charge is 0.0132 e. The summed E-state index contributed by atoms with van der Waals surface area (Å²) < 4.78 is 0. The molecule has 0 aliphatic heterocycles. The summed E-state index contributed by atoms with van der Waals surface area (Å²) in [7, 11) is 0. The van der Waals surface area contributed by atoms with Gasteiger partial charge in [0, 0.05) is 11.6 Å². The molecule has 0 aromatic heterocycles. The van der Waals surface area contributed by atoms with Crippen LogP contribution < -0.4 is 5.32 Å². The summed E-state index contributed by atoms with van der Waals surface area (Å²) in [6.07, 6.45) is 5.38. The maximum atomic E-state index is 3.92. The van der Waals surface area contributed by atoms with Crippen LogP contribution in [0.25, 0.3) is 0 Å². The molecule has 1 fully saturated rings. The molecule has 0 saturated heterocycles. The van der Waals surface area contributed by atoms with Crippen LogP contribution in [0.1, 0.15) is 74.1 Å². The number of nitrogens with one attached hydrogen (secondary N) is 1. The molecule has 0 amide bonds. The van der Waals surface area contributed by atoms with Gasteiger partial charge in [-0.2, -0.15) is 0 Å². The first-order chi connectivity index (χ1) is 7.59. The van der Waals surface area contributed by atoms with Gasteiger partial charge in [-0.25, -0.2) is 0 Å². The largest absolute Gasteiger partial charge is 0.309 e. The molecule has 1 nitrogen and oxygen atoms in total. The van der Waals surface area contributed by atoms with Gasteiger partial charge >= 0.3 is 0 Å². The van der Waals surface area contributed by atoms with E-state index in [-0.39, 0.29) is 5.54 Å². The normalized spacial score (nSPS) is 31.6. The highest BCUT2D eigenvalue weighted by Crippen LogP contribution is 2.32. The maximum absolute atomic E-state index is 3.92. The summed E-state index contributed by atoms with van der Waals surface area (Å²) in [6, 6.07) is 0.726. The first-order valence-corrected chi connectivity index (χ1v) is 7.37. The van der Waals surface area contributed by atoms with Gasteiger partial charge in [-0.15, -0.1) is 0 Å². The molecular weight excluding hydrogens is 206 g/mol. The monoisotopic (exact) mass is 239 g/mol. The van der Waals surface area contributed by atoms with Crippen LogP contribution in [0, 0.1) is 17.3 Å². The van der Waals surface area contributed by atoms with E-state index in [0.29, 0.717) is 5.41 Å². The minimum Gasteiger partial charge on any atom is -0.309 e. The van der Waals surface area contributed by atoms with E-state index < -0.39 is 0 Å². The molecule has 0 bridgehead atoms. The Morgan fingerprint density at radius 2 is 1.59 bits per heavy atom.